The van der Waals surface area contributed by atoms with Crippen LogP contribution in [0, 0.1) is 11.8 Å². The lowest BCUT2D eigenvalue weighted by Gasteiger charge is -2.20. The maximum atomic E-state index is 12.8. The largest absolute Gasteiger partial charge is 0.490 e. The Morgan fingerprint density at radius 1 is 1.19 bits per heavy atom. The topological polar surface area (TPSA) is 94.6 Å². The fourth-order valence-corrected chi connectivity index (χ4v) is 4.50. The van der Waals surface area contributed by atoms with E-state index in [1.54, 1.807) is 0 Å². The van der Waals surface area contributed by atoms with Gasteiger partial charge in [-0.1, -0.05) is 18.5 Å². The number of ether oxygens (including phenoxy) is 1. The third kappa shape index (κ3) is 4.09. The van der Waals surface area contributed by atoms with Crippen molar-refractivity contribution in [3.05, 3.63) is 22.7 Å². The molecule has 1 aromatic carbocycles. The first-order chi connectivity index (χ1) is 12.8. The summed E-state index contributed by atoms with van der Waals surface area (Å²) in [7, 11) is -3.62. The molecule has 27 heavy (non-hydrogen) atoms. The zero-order valence-electron chi connectivity index (χ0n) is 15.0. The molecule has 0 radical (unpaired) electrons. The Labute approximate surface area is 163 Å². The van der Waals surface area contributed by atoms with Crippen molar-refractivity contribution in [3.8, 4) is 5.75 Å². The summed E-state index contributed by atoms with van der Waals surface area (Å²) < 4.78 is 30.5. The number of sulfone groups is 1. The average Bonchev–Trinajstić information content (AvgIpc) is 3.44. The van der Waals surface area contributed by atoms with Crippen LogP contribution in [0.1, 0.15) is 49.4 Å². The number of carbonyl (C=O) groups is 3. The van der Waals surface area contributed by atoms with Crippen molar-refractivity contribution >= 4 is 38.8 Å². The predicted molar refractivity (Wildman–Crippen MR) is 99.1 cm³/mol. The molecule has 2 aliphatic carbocycles. The molecule has 0 saturated heterocycles. The minimum atomic E-state index is -3.62. The van der Waals surface area contributed by atoms with E-state index in [0.29, 0.717) is 18.9 Å². The van der Waals surface area contributed by atoms with E-state index in [2.05, 4.69) is 0 Å². The van der Waals surface area contributed by atoms with E-state index in [-0.39, 0.29) is 39.8 Å². The van der Waals surface area contributed by atoms with E-state index >= 15 is 0 Å². The van der Waals surface area contributed by atoms with Crippen LogP contribution in [-0.4, -0.2) is 38.1 Å². The number of Topliss-reactive ketones (excluding diaryl/α,β-unsaturated/α-hetero) is 3. The van der Waals surface area contributed by atoms with Gasteiger partial charge in [-0.15, -0.1) is 0 Å². The van der Waals surface area contributed by atoms with Crippen LogP contribution in [0.25, 0.3) is 0 Å². The quantitative estimate of drug-likeness (QED) is 0.504. The summed E-state index contributed by atoms with van der Waals surface area (Å²) in [4.78, 5) is 37.0. The molecule has 2 fully saturated rings. The Kier molecular flexibility index (Phi) is 5.72. The molecule has 146 valence electrons. The summed E-state index contributed by atoms with van der Waals surface area (Å²) in [5, 5.41) is -0.152. The Morgan fingerprint density at radius 2 is 1.81 bits per heavy atom. The van der Waals surface area contributed by atoms with E-state index in [0.717, 1.165) is 12.8 Å². The van der Waals surface area contributed by atoms with Gasteiger partial charge in [0.25, 0.3) is 0 Å². The molecule has 0 atom stereocenters. The van der Waals surface area contributed by atoms with E-state index in [1.807, 2.05) is 0 Å². The van der Waals surface area contributed by atoms with Gasteiger partial charge in [-0.3, -0.25) is 14.4 Å². The lowest BCUT2D eigenvalue weighted by atomic mass is 9.81. The van der Waals surface area contributed by atoms with Crippen LogP contribution >= 0.6 is 11.6 Å². The monoisotopic (exact) mass is 412 g/mol. The third-order valence-electron chi connectivity index (χ3n) is 4.95. The van der Waals surface area contributed by atoms with Gasteiger partial charge in [0.15, 0.2) is 32.9 Å². The van der Waals surface area contributed by atoms with Crippen molar-refractivity contribution in [2.45, 2.75) is 43.9 Å². The van der Waals surface area contributed by atoms with Gasteiger partial charge in [0, 0.05) is 18.4 Å². The standard InChI is InChI=1S/C19H21ClO6S/c1-2-27(24,25)15-9-8-12(17(20)19(15)26-10-11-6-7-11)18(23)16-13(21)4-3-5-14(16)22/h8-9,11,16H,2-7,10H2,1H3. The number of carbonyl (C=O) groups excluding carboxylic acids is 3. The number of benzene rings is 1. The van der Waals surface area contributed by atoms with Crippen LogP contribution in [-0.2, 0) is 19.4 Å². The first kappa shape index (κ1) is 20.0. The highest BCUT2D eigenvalue weighted by molar-refractivity contribution is 7.91. The number of hydrogen-bond acceptors (Lipinski definition) is 6. The molecule has 0 spiro atoms. The maximum Gasteiger partial charge on any atom is 0.182 e. The fourth-order valence-electron chi connectivity index (χ4n) is 3.10. The summed E-state index contributed by atoms with van der Waals surface area (Å²) in [6.07, 6.45) is 2.78. The van der Waals surface area contributed by atoms with Gasteiger partial charge in [0.05, 0.1) is 17.4 Å². The number of ketones is 3. The Hall–Kier alpha value is -1.73. The molecule has 0 heterocycles. The Morgan fingerprint density at radius 3 is 2.37 bits per heavy atom. The smallest absolute Gasteiger partial charge is 0.182 e. The second-order valence-electron chi connectivity index (χ2n) is 7.00. The predicted octanol–water partition coefficient (Wildman–Crippen LogP) is 3.04. The molecule has 3 rings (SSSR count). The highest BCUT2D eigenvalue weighted by atomic mass is 35.5. The van der Waals surface area contributed by atoms with E-state index in [1.165, 1.54) is 19.1 Å². The normalized spacial score (nSPS) is 18.6. The molecule has 8 heteroatoms. The molecule has 1 aromatic rings. The van der Waals surface area contributed by atoms with Crippen molar-refractivity contribution in [2.24, 2.45) is 11.8 Å². The van der Waals surface area contributed by atoms with Crippen molar-refractivity contribution in [1.29, 1.82) is 0 Å². The van der Waals surface area contributed by atoms with Gasteiger partial charge in [0.2, 0.25) is 0 Å². The van der Waals surface area contributed by atoms with Crippen LogP contribution in [0.4, 0.5) is 0 Å². The maximum absolute atomic E-state index is 12.8. The van der Waals surface area contributed by atoms with Gasteiger partial charge in [-0.05, 0) is 37.3 Å². The number of halogens is 1. The molecule has 0 unspecified atom stereocenters. The van der Waals surface area contributed by atoms with Crippen molar-refractivity contribution < 1.29 is 27.5 Å². The molecule has 6 nitrogen and oxygen atoms in total. The summed E-state index contributed by atoms with van der Waals surface area (Å²) >= 11 is 6.36. The second-order valence-corrected chi connectivity index (χ2v) is 9.62. The number of hydrogen-bond donors (Lipinski definition) is 0. The summed E-state index contributed by atoms with van der Waals surface area (Å²) in [5.41, 5.74) is -0.0499. The SMILES string of the molecule is CCS(=O)(=O)c1ccc(C(=O)C2C(=O)CCCC2=O)c(Cl)c1OCC1CC1. The van der Waals surface area contributed by atoms with Gasteiger partial charge in [-0.2, -0.15) is 0 Å². The molecule has 2 saturated carbocycles. The summed E-state index contributed by atoms with van der Waals surface area (Å²) in [6.45, 7) is 1.82. The first-order valence-corrected chi connectivity index (χ1v) is 11.1. The third-order valence-corrected chi connectivity index (χ3v) is 7.08. The van der Waals surface area contributed by atoms with E-state index < -0.39 is 33.1 Å². The lowest BCUT2D eigenvalue weighted by molar-refractivity contribution is -0.133. The molecule has 0 amide bonds. The molecule has 0 bridgehead atoms. The van der Waals surface area contributed by atoms with Crippen molar-refractivity contribution in [3.63, 3.8) is 0 Å². The molecule has 2 aliphatic rings. The Balaban J connectivity index is 2.03. The highest BCUT2D eigenvalue weighted by Gasteiger charge is 2.38. The van der Waals surface area contributed by atoms with Gasteiger partial charge in [0.1, 0.15) is 10.8 Å². The minimum absolute atomic E-state index is 0.0499. The molecule has 0 aliphatic heterocycles. The van der Waals surface area contributed by atoms with Crippen LogP contribution in [0.3, 0.4) is 0 Å². The van der Waals surface area contributed by atoms with Crippen LogP contribution < -0.4 is 4.74 Å². The van der Waals surface area contributed by atoms with Crippen LogP contribution in [0.15, 0.2) is 17.0 Å². The highest BCUT2D eigenvalue weighted by Crippen LogP contribution is 2.39. The van der Waals surface area contributed by atoms with Crippen molar-refractivity contribution in [2.75, 3.05) is 12.4 Å². The fraction of sp³-hybridized carbons (Fsp3) is 0.526. The summed E-state index contributed by atoms with van der Waals surface area (Å²) in [5.74, 6) is -2.74. The van der Waals surface area contributed by atoms with Crippen molar-refractivity contribution in [1.82, 2.24) is 0 Å². The molecule has 0 aromatic heterocycles. The average molecular weight is 413 g/mol. The van der Waals surface area contributed by atoms with Gasteiger partial charge in [-0.25, -0.2) is 8.42 Å². The second kappa shape index (κ2) is 7.72. The Bertz CT molecular complexity index is 885. The zero-order valence-corrected chi connectivity index (χ0v) is 16.6. The zero-order chi connectivity index (χ0) is 19.8. The molecular formula is C19H21ClO6S. The first-order valence-electron chi connectivity index (χ1n) is 9.04. The minimum Gasteiger partial charge on any atom is -0.490 e. The van der Waals surface area contributed by atoms with Gasteiger partial charge < -0.3 is 4.74 Å². The summed E-state index contributed by atoms with van der Waals surface area (Å²) in [6, 6.07) is 2.55. The van der Waals surface area contributed by atoms with Crippen LogP contribution in [0.2, 0.25) is 5.02 Å². The van der Waals surface area contributed by atoms with Gasteiger partial charge >= 0.3 is 0 Å². The van der Waals surface area contributed by atoms with E-state index in [9.17, 15) is 22.8 Å². The molecule has 0 N–H and O–H groups in total. The van der Waals surface area contributed by atoms with E-state index in [4.69, 9.17) is 16.3 Å². The lowest BCUT2D eigenvalue weighted by Crippen LogP contribution is -2.35. The molecular weight excluding hydrogens is 392 g/mol. The van der Waals surface area contributed by atoms with Crippen LogP contribution in [0.5, 0.6) is 5.75 Å². The number of rotatable bonds is 7.